The van der Waals surface area contributed by atoms with Crippen molar-refractivity contribution in [3.8, 4) is 0 Å². The molecule has 1 rings (SSSR count). The highest BCUT2D eigenvalue weighted by molar-refractivity contribution is 7.71. The van der Waals surface area contributed by atoms with Gasteiger partial charge >= 0.3 is 0 Å². The molecule has 2 nitrogen and oxygen atoms in total. The molecule has 0 fully saturated rings. The van der Waals surface area contributed by atoms with E-state index < -0.39 is 0 Å². The summed E-state index contributed by atoms with van der Waals surface area (Å²) in [4.78, 5) is 6.01. The van der Waals surface area contributed by atoms with Crippen molar-refractivity contribution in [2.24, 2.45) is 0 Å². The lowest BCUT2D eigenvalue weighted by atomic mass is 10.2. The minimum absolute atomic E-state index is 0.728. The summed E-state index contributed by atoms with van der Waals surface area (Å²) in [6, 6.07) is 0. The molecule has 3 heteroatoms. The summed E-state index contributed by atoms with van der Waals surface area (Å²) in [5.74, 6) is 0. The summed E-state index contributed by atoms with van der Waals surface area (Å²) in [6.07, 6.45) is 5.50. The number of hydrogen-bond donors (Lipinski definition) is 2. The molecule has 0 aliphatic heterocycles. The van der Waals surface area contributed by atoms with Crippen LogP contribution in [0.15, 0.2) is 6.20 Å². The topological polar surface area (TPSA) is 31.6 Å². The molecule has 0 aromatic carbocycles. The number of H-pyrrole nitrogens is 2. The average molecular weight is 156 g/mol. The van der Waals surface area contributed by atoms with Gasteiger partial charge in [0.1, 0.15) is 0 Å². The minimum atomic E-state index is 0.728. The summed E-state index contributed by atoms with van der Waals surface area (Å²) >= 11 is 4.87. The summed E-state index contributed by atoms with van der Waals surface area (Å²) in [5, 5.41) is 0. The van der Waals surface area contributed by atoms with Gasteiger partial charge in [0.2, 0.25) is 0 Å². The lowest BCUT2D eigenvalue weighted by molar-refractivity contribution is 0.780. The van der Waals surface area contributed by atoms with Crippen LogP contribution in [0.1, 0.15) is 25.5 Å². The van der Waals surface area contributed by atoms with Gasteiger partial charge in [-0.05, 0) is 25.1 Å². The Morgan fingerprint density at radius 1 is 1.60 bits per heavy atom. The predicted molar refractivity (Wildman–Crippen MR) is 44.6 cm³/mol. The number of nitrogens with one attached hydrogen (secondary N) is 2. The third-order valence-corrected chi connectivity index (χ3v) is 1.67. The van der Waals surface area contributed by atoms with E-state index in [1.54, 1.807) is 0 Å². The van der Waals surface area contributed by atoms with Crippen molar-refractivity contribution in [2.75, 3.05) is 0 Å². The molecule has 0 atom stereocenters. The second-order valence-corrected chi connectivity index (χ2v) is 2.78. The van der Waals surface area contributed by atoms with Crippen molar-refractivity contribution in [3.63, 3.8) is 0 Å². The van der Waals surface area contributed by atoms with E-state index in [0.717, 1.165) is 11.2 Å². The predicted octanol–water partition coefficient (Wildman–Crippen LogP) is 2.41. The molecule has 0 aliphatic rings. The molecule has 0 radical (unpaired) electrons. The summed E-state index contributed by atoms with van der Waals surface area (Å²) in [5.41, 5.74) is 1.21. The molecule has 0 saturated carbocycles. The molecule has 10 heavy (non-hydrogen) atoms. The van der Waals surface area contributed by atoms with E-state index in [0.29, 0.717) is 0 Å². The van der Waals surface area contributed by atoms with Crippen LogP contribution in [-0.2, 0) is 6.42 Å². The van der Waals surface area contributed by atoms with Crippen LogP contribution in [0.5, 0.6) is 0 Å². The zero-order valence-electron chi connectivity index (χ0n) is 6.11. The van der Waals surface area contributed by atoms with Gasteiger partial charge < -0.3 is 9.97 Å². The van der Waals surface area contributed by atoms with E-state index in [2.05, 4.69) is 16.9 Å². The highest BCUT2D eigenvalue weighted by atomic mass is 32.1. The molecule has 0 spiro atoms. The second-order valence-electron chi connectivity index (χ2n) is 2.37. The molecular formula is C7H12N2S. The molecule has 1 aromatic heterocycles. The Kier molecular flexibility index (Phi) is 2.68. The van der Waals surface area contributed by atoms with E-state index in [4.69, 9.17) is 12.2 Å². The molecule has 2 N–H and O–H groups in total. The zero-order chi connectivity index (χ0) is 7.40. The average Bonchev–Trinajstić information content (AvgIpc) is 2.31. The van der Waals surface area contributed by atoms with Gasteiger partial charge in [0, 0.05) is 11.9 Å². The Labute approximate surface area is 65.7 Å². The van der Waals surface area contributed by atoms with Gasteiger partial charge in [-0.3, -0.25) is 0 Å². The van der Waals surface area contributed by atoms with Crippen molar-refractivity contribution in [2.45, 2.75) is 26.2 Å². The van der Waals surface area contributed by atoms with Gasteiger partial charge in [0.05, 0.1) is 0 Å². The van der Waals surface area contributed by atoms with Gasteiger partial charge in [-0.1, -0.05) is 13.3 Å². The van der Waals surface area contributed by atoms with Crippen molar-refractivity contribution < 1.29 is 0 Å². The number of unbranched alkanes of at least 4 members (excludes halogenated alkanes) is 1. The molecule has 1 heterocycles. The lowest BCUT2D eigenvalue weighted by Crippen LogP contribution is -1.82. The van der Waals surface area contributed by atoms with E-state index >= 15 is 0 Å². The van der Waals surface area contributed by atoms with Crippen LogP contribution in [0.2, 0.25) is 0 Å². The van der Waals surface area contributed by atoms with Gasteiger partial charge in [0.25, 0.3) is 0 Å². The Bertz CT molecular complexity index is 236. The maximum Gasteiger partial charge on any atom is 0.174 e. The highest BCUT2D eigenvalue weighted by Crippen LogP contribution is 1.99. The quantitative estimate of drug-likeness (QED) is 0.647. The largest absolute Gasteiger partial charge is 0.337 e. The van der Waals surface area contributed by atoms with Crippen molar-refractivity contribution >= 4 is 12.2 Å². The summed E-state index contributed by atoms with van der Waals surface area (Å²) < 4.78 is 0.728. The van der Waals surface area contributed by atoms with E-state index in [1.807, 2.05) is 6.20 Å². The van der Waals surface area contributed by atoms with Crippen molar-refractivity contribution in [1.29, 1.82) is 0 Å². The Morgan fingerprint density at radius 3 is 2.90 bits per heavy atom. The van der Waals surface area contributed by atoms with Crippen LogP contribution in [-0.4, -0.2) is 9.97 Å². The SMILES string of the molecule is CCCCc1c[nH]c(=S)[nH]1. The summed E-state index contributed by atoms with van der Waals surface area (Å²) in [6.45, 7) is 2.18. The smallest absolute Gasteiger partial charge is 0.174 e. The maximum atomic E-state index is 4.87. The molecule has 0 bridgehead atoms. The number of hydrogen-bond acceptors (Lipinski definition) is 1. The maximum absolute atomic E-state index is 4.87. The van der Waals surface area contributed by atoms with Gasteiger partial charge in [-0.15, -0.1) is 0 Å². The van der Waals surface area contributed by atoms with Crippen molar-refractivity contribution in [3.05, 3.63) is 16.7 Å². The van der Waals surface area contributed by atoms with Crippen LogP contribution in [0.4, 0.5) is 0 Å². The molecule has 56 valence electrons. The third kappa shape index (κ3) is 1.99. The first-order valence-electron chi connectivity index (χ1n) is 3.59. The van der Waals surface area contributed by atoms with Crippen LogP contribution in [0, 0.1) is 4.77 Å². The molecule has 0 unspecified atom stereocenters. The molecular weight excluding hydrogens is 144 g/mol. The number of aryl methyl sites for hydroxylation is 1. The number of imidazole rings is 1. The molecule has 0 saturated heterocycles. The third-order valence-electron chi connectivity index (χ3n) is 1.45. The first-order chi connectivity index (χ1) is 4.83. The first-order valence-corrected chi connectivity index (χ1v) is 4.00. The normalized spacial score (nSPS) is 10.1. The Hall–Kier alpha value is -0.570. The second kappa shape index (κ2) is 3.56. The van der Waals surface area contributed by atoms with E-state index in [-0.39, 0.29) is 0 Å². The highest BCUT2D eigenvalue weighted by Gasteiger charge is 1.91. The van der Waals surface area contributed by atoms with Gasteiger partial charge in [-0.25, -0.2) is 0 Å². The van der Waals surface area contributed by atoms with Crippen molar-refractivity contribution in [1.82, 2.24) is 9.97 Å². The van der Waals surface area contributed by atoms with Crippen LogP contribution in [0.3, 0.4) is 0 Å². The molecule has 1 aromatic rings. The van der Waals surface area contributed by atoms with E-state index in [9.17, 15) is 0 Å². The van der Waals surface area contributed by atoms with Gasteiger partial charge in [0.15, 0.2) is 4.77 Å². The fraction of sp³-hybridized carbons (Fsp3) is 0.571. The first kappa shape index (κ1) is 7.54. The van der Waals surface area contributed by atoms with Crippen LogP contribution < -0.4 is 0 Å². The Balaban J connectivity index is 2.50. The van der Waals surface area contributed by atoms with Gasteiger partial charge in [-0.2, -0.15) is 0 Å². The molecule has 0 aliphatic carbocycles. The standard InChI is InChI=1S/C7H12N2S/c1-2-3-4-6-5-8-7(10)9-6/h5H,2-4H2,1H3,(H2,8,9,10). The minimum Gasteiger partial charge on any atom is -0.337 e. The van der Waals surface area contributed by atoms with Crippen LogP contribution >= 0.6 is 12.2 Å². The zero-order valence-corrected chi connectivity index (χ0v) is 6.92. The van der Waals surface area contributed by atoms with Crippen LogP contribution in [0.25, 0.3) is 0 Å². The molecule has 0 amide bonds. The fourth-order valence-corrected chi connectivity index (χ4v) is 1.06. The number of aromatic nitrogens is 2. The lowest BCUT2D eigenvalue weighted by Gasteiger charge is -1.90. The monoisotopic (exact) mass is 156 g/mol. The fourth-order valence-electron chi connectivity index (χ4n) is 0.873. The number of aromatic amines is 2. The number of rotatable bonds is 3. The summed E-state index contributed by atoms with van der Waals surface area (Å²) in [7, 11) is 0. The Morgan fingerprint density at radius 2 is 2.40 bits per heavy atom. The van der Waals surface area contributed by atoms with E-state index in [1.165, 1.54) is 18.5 Å².